The Balaban J connectivity index is 0.00000392. The van der Waals surface area contributed by atoms with Crippen LogP contribution in [-0.2, 0) is 11.8 Å². The lowest BCUT2D eigenvalue weighted by Gasteiger charge is -2.02. The zero-order chi connectivity index (χ0) is 20.1. The second kappa shape index (κ2) is 9.95. The standard InChI is InChI=1S/C17H19N5O4S.BrH/c1-9-13(16(26)20-8-7-12(23)24)27-17(22(9)2)21-15(25)11-5-3-10(4-6-11)14(18)19;/h3-6H,7-8H2,1-2H3,(H3,18,19)(H,20,26)(H,23,24);1H. The van der Waals surface area contributed by atoms with E-state index in [1.165, 1.54) is 12.1 Å². The monoisotopic (exact) mass is 469 g/mol. The topological polar surface area (TPSA) is 151 Å². The Hall–Kier alpha value is -2.79. The molecule has 28 heavy (non-hydrogen) atoms. The van der Waals surface area contributed by atoms with E-state index in [0.29, 0.717) is 26.5 Å². The predicted octanol–water partition coefficient (Wildman–Crippen LogP) is 1.20. The van der Waals surface area contributed by atoms with Gasteiger partial charge in [0, 0.05) is 30.4 Å². The molecule has 2 aromatic rings. The number of nitrogens with zero attached hydrogens (tertiary/aromatic N) is 2. The van der Waals surface area contributed by atoms with Gasteiger partial charge in [-0.2, -0.15) is 4.99 Å². The van der Waals surface area contributed by atoms with E-state index in [9.17, 15) is 14.4 Å². The Morgan fingerprint density at radius 3 is 2.36 bits per heavy atom. The maximum atomic E-state index is 12.4. The van der Waals surface area contributed by atoms with Crippen molar-refractivity contribution in [2.75, 3.05) is 6.54 Å². The summed E-state index contributed by atoms with van der Waals surface area (Å²) in [5.74, 6) is -1.99. The molecular formula is C17H20BrN5O4S. The fourth-order valence-electron chi connectivity index (χ4n) is 2.14. The van der Waals surface area contributed by atoms with Crippen LogP contribution in [0.5, 0.6) is 0 Å². The molecule has 150 valence electrons. The van der Waals surface area contributed by atoms with E-state index in [1.807, 2.05) is 0 Å². The number of nitrogens with one attached hydrogen (secondary N) is 2. The molecule has 11 heteroatoms. The van der Waals surface area contributed by atoms with Gasteiger partial charge in [-0.1, -0.05) is 23.5 Å². The van der Waals surface area contributed by atoms with E-state index < -0.39 is 17.8 Å². The lowest BCUT2D eigenvalue weighted by atomic mass is 10.1. The molecule has 1 aromatic carbocycles. The van der Waals surface area contributed by atoms with Crippen molar-refractivity contribution >= 4 is 51.9 Å². The maximum absolute atomic E-state index is 12.4. The van der Waals surface area contributed by atoms with Crippen LogP contribution in [0.1, 0.15) is 37.7 Å². The van der Waals surface area contributed by atoms with Crippen molar-refractivity contribution < 1.29 is 19.5 Å². The molecule has 9 nitrogen and oxygen atoms in total. The molecule has 0 atom stereocenters. The Kier molecular flexibility index (Phi) is 8.26. The first-order valence-corrected chi connectivity index (χ1v) is 8.72. The third-order valence-electron chi connectivity index (χ3n) is 3.78. The molecule has 0 radical (unpaired) electrons. The van der Waals surface area contributed by atoms with E-state index in [-0.39, 0.29) is 35.8 Å². The van der Waals surface area contributed by atoms with Crippen molar-refractivity contribution in [2.45, 2.75) is 13.3 Å². The lowest BCUT2D eigenvalue weighted by molar-refractivity contribution is -0.136. The molecule has 0 aliphatic rings. The van der Waals surface area contributed by atoms with Gasteiger partial charge in [-0.25, -0.2) is 0 Å². The van der Waals surface area contributed by atoms with Crippen molar-refractivity contribution in [1.29, 1.82) is 5.41 Å². The number of amidine groups is 1. The van der Waals surface area contributed by atoms with E-state index in [2.05, 4.69) is 10.3 Å². The van der Waals surface area contributed by atoms with Gasteiger partial charge in [0.05, 0.1) is 6.42 Å². The summed E-state index contributed by atoms with van der Waals surface area (Å²) in [6, 6.07) is 6.18. The zero-order valence-corrected chi connectivity index (χ0v) is 17.7. The molecule has 0 saturated heterocycles. The lowest BCUT2D eigenvalue weighted by Crippen LogP contribution is -2.26. The molecule has 0 bridgehead atoms. The summed E-state index contributed by atoms with van der Waals surface area (Å²) in [5, 5.41) is 18.5. The average molecular weight is 470 g/mol. The summed E-state index contributed by atoms with van der Waals surface area (Å²) in [6.07, 6.45) is -0.172. The molecule has 5 N–H and O–H groups in total. The average Bonchev–Trinajstić information content (AvgIpc) is 2.90. The fourth-order valence-corrected chi connectivity index (χ4v) is 3.18. The first-order valence-electron chi connectivity index (χ1n) is 7.90. The normalized spacial score (nSPS) is 10.9. The van der Waals surface area contributed by atoms with Crippen molar-refractivity contribution in [3.63, 3.8) is 0 Å². The summed E-state index contributed by atoms with van der Waals surface area (Å²) in [6.45, 7) is 1.73. The Labute approximate surface area is 175 Å². The highest BCUT2D eigenvalue weighted by Gasteiger charge is 2.16. The maximum Gasteiger partial charge on any atom is 0.305 e. The van der Waals surface area contributed by atoms with Crippen molar-refractivity contribution in [3.05, 3.63) is 50.8 Å². The number of aliphatic carboxylic acids is 1. The van der Waals surface area contributed by atoms with E-state index >= 15 is 0 Å². The number of hydrogen-bond acceptors (Lipinski definition) is 5. The van der Waals surface area contributed by atoms with Gasteiger partial charge in [-0.15, -0.1) is 17.0 Å². The van der Waals surface area contributed by atoms with Crippen molar-refractivity contribution in [2.24, 2.45) is 17.8 Å². The summed E-state index contributed by atoms with van der Waals surface area (Å²) >= 11 is 1.05. The van der Waals surface area contributed by atoms with Gasteiger partial charge in [0.2, 0.25) is 0 Å². The second-order valence-corrected chi connectivity index (χ2v) is 6.64. The molecule has 0 aliphatic heterocycles. The second-order valence-electron chi connectivity index (χ2n) is 5.67. The highest BCUT2D eigenvalue weighted by atomic mass is 79.9. The summed E-state index contributed by atoms with van der Waals surface area (Å²) in [7, 11) is 1.69. The van der Waals surface area contributed by atoms with Crippen LogP contribution >= 0.6 is 28.3 Å². The number of aromatic nitrogens is 1. The van der Waals surface area contributed by atoms with Crippen LogP contribution in [0.4, 0.5) is 0 Å². The quantitative estimate of drug-likeness (QED) is 0.370. The number of nitrogen functional groups attached to an aromatic ring is 1. The SMILES string of the molecule is Br.Cc1c(C(=O)NCCC(=O)O)sc(=NC(=O)c2ccc(C(=N)N)cc2)n1C. The Bertz CT molecular complexity index is 978. The first-order chi connectivity index (χ1) is 12.7. The van der Waals surface area contributed by atoms with Crippen LogP contribution in [0.3, 0.4) is 0 Å². The van der Waals surface area contributed by atoms with Gasteiger partial charge in [-0.05, 0) is 19.1 Å². The minimum absolute atomic E-state index is 0. The number of amides is 2. The Morgan fingerprint density at radius 2 is 1.82 bits per heavy atom. The largest absolute Gasteiger partial charge is 0.481 e. The van der Waals surface area contributed by atoms with Crippen molar-refractivity contribution in [1.82, 2.24) is 9.88 Å². The molecular weight excluding hydrogens is 450 g/mol. The van der Waals surface area contributed by atoms with Crippen LogP contribution in [0.15, 0.2) is 29.3 Å². The minimum atomic E-state index is -0.999. The van der Waals surface area contributed by atoms with Gasteiger partial charge < -0.3 is 20.7 Å². The van der Waals surface area contributed by atoms with E-state index in [4.69, 9.17) is 16.2 Å². The Morgan fingerprint density at radius 1 is 1.25 bits per heavy atom. The van der Waals surface area contributed by atoms with Crippen LogP contribution in [0, 0.1) is 12.3 Å². The summed E-state index contributed by atoms with van der Waals surface area (Å²) in [4.78, 5) is 39.9. The number of rotatable bonds is 6. The van der Waals surface area contributed by atoms with E-state index in [0.717, 1.165) is 11.3 Å². The molecule has 0 spiro atoms. The third-order valence-corrected chi connectivity index (χ3v) is 5.02. The van der Waals surface area contributed by atoms with Crippen molar-refractivity contribution in [3.8, 4) is 0 Å². The highest BCUT2D eigenvalue weighted by Crippen LogP contribution is 2.11. The smallest absolute Gasteiger partial charge is 0.305 e. The highest BCUT2D eigenvalue weighted by molar-refractivity contribution is 8.93. The number of halogens is 1. The van der Waals surface area contributed by atoms with Gasteiger partial charge >= 0.3 is 5.97 Å². The van der Waals surface area contributed by atoms with Gasteiger partial charge in [-0.3, -0.25) is 19.8 Å². The molecule has 1 heterocycles. The van der Waals surface area contributed by atoms with Gasteiger partial charge in [0.25, 0.3) is 11.8 Å². The molecule has 0 unspecified atom stereocenters. The molecule has 2 rings (SSSR count). The number of benzene rings is 1. The molecule has 1 aromatic heterocycles. The zero-order valence-electron chi connectivity index (χ0n) is 15.2. The first kappa shape index (κ1) is 23.2. The van der Waals surface area contributed by atoms with Crippen LogP contribution < -0.4 is 15.9 Å². The minimum Gasteiger partial charge on any atom is -0.481 e. The van der Waals surface area contributed by atoms with E-state index in [1.54, 1.807) is 30.7 Å². The summed E-state index contributed by atoms with van der Waals surface area (Å²) in [5.41, 5.74) is 6.84. The molecule has 2 amide bonds. The predicted molar refractivity (Wildman–Crippen MR) is 110 cm³/mol. The van der Waals surface area contributed by atoms with Crippen LogP contribution in [-0.4, -0.2) is 39.8 Å². The number of carbonyl (C=O) groups is 3. The van der Waals surface area contributed by atoms with Crippen LogP contribution in [0.2, 0.25) is 0 Å². The molecule has 0 saturated carbocycles. The number of carbonyl (C=O) groups excluding carboxylic acids is 2. The third kappa shape index (κ3) is 5.60. The number of thiazole rings is 1. The van der Waals surface area contributed by atoms with Crippen LogP contribution in [0.25, 0.3) is 0 Å². The number of nitrogens with two attached hydrogens (primary N) is 1. The fraction of sp³-hybridized carbons (Fsp3) is 0.235. The molecule has 0 fully saturated rings. The van der Waals surface area contributed by atoms with Gasteiger partial charge in [0.15, 0.2) is 4.80 Å². The number of carboxylic acids is 1. The number of hydrogen-bond donors (Lipinski definition) is 4. The van der Waals surface area contributed by atoms with Gasteiger partial charge in [0.1, 0.15) is 10.7 Å². The molecule has 0 aliphatic carbocycles. The number of carboxylic acid groups (broad SMARTS) is 1. The summed E-state index contributed by atoms with van der Waals surface area (Å²) < 4.78 is 1.62.